The van der Waals surface area contributed by atoms with E-state index in [4.69, 9.17) is 4.74 Å². The van der Waals surface area contributed by atoms with Crippen LogP contribution in [0.15, 0.2) is 42.9 Å². The van der Waals surface area contributed by atoms with E-state index in [1.807, 2.05) is 24.4 Å². The number of thiophene rings is 1. The van der Waals surface area contributed by atoms with Crippen LogP contribution in [0, 0.1) is 6.92 Å². The first-order valence-corrected chi connectivity index (χ1v) is 10.9. The molecule has 0 unspecified atom stereocenters. The predicted molar refractivity (Wildman–Crippen MR) is 120 cm³/mol. The summed E-state index contributed by atoms with van der Waals surface area (Å²) in [6, 6.07) is 10.3. The van der Waals surface area contributed by atoms with Gasteiger partial charge in [0.05, 0.1) is 24.4 Å². The number of nitrogens with zero attached hydrogens (tertiary/aromatic N) is 5. The van der Waals surface area contributed by atoms with E-state index in [0.717, 1.165) is 60.4 Å². The molecule has 1 saturated heterocycles. The Bertz CT molecular complexity index is 1160. The second-order valence-corrected chi connectivity index (χ2v) is 8.77. The predicted octanol–water partition coefficient (Wildman–Crippen LogP) is 3.72. The molecule has 0 spiro atoms. The Kier molecular flexibility index (Phi) is 5.10. The van der Waals surface area contributed by atoms with Crippen molar-refractivity contribution in [1.82, 2.24) is 25.1 Å². The molecule has 1 fully saturated rings. The van der Waals surface area contributed by atoms with E-state index in [0.29, 0.717) is 0 Å². The number of ether oxygens (including phenoxy) is 1. The fraction of sp³-hybridized carbons (Fsp3) is 0.318. The lowest BCUT2D eigenvalue weighted by Gasteiger charge is -2.35. The van der Waals surface area contributed by atoms with Crippen molar-refractivity contribution in [3.63, 3.8) is 0 Å². The number of hydrogen-bond donors (Lipinski definition) is 1. The van der Waals surface area contributed by atoms with Gasteiger partial charge in [-0.25, -0.2) is 9.97 Å². The molecule has 3 aromatic heterocycles. The number of fused-ring (bicyclic) bond motifs is 1. The zero-order valence-corrected chi connectivity index (χ0v) is 17.9. The third-order valence-electron chi connectivity index (χ3n) is 5.57. The topological polar surface area (TPSA) is 70.2 Å². The molecule has 4 heterocycles. The lowest BCUT2D eigenvalue weighted by atomic mass is 10.1. The molecule has 5 rings (SSSR count). The van der Waals surface area contributed by atoms with Gasteiger partial charge in [-0.1, -0.05) is 12.1 Å². The molecule has 1 N–H and O–H groups in total. The molecule has 4 aromatic rings. The minimum atomic E-state index is 0.849. The Morgan fingerprint density at radius 1 is 1.13 bits per heavy atom. The smallest absolute Gasteiger partial charge is 0.140 e. The SMILES string of the molecule is COc1cccc(-c2[nH]ncc2CN2CCN(c3ncnc4sc(C)cc34)CC2)c1. The van der Waals surface area contributed by atoms with Crippen molar-refractivity contribution in [3.8, 4) is 17.0 Å². The van der Waals surface area contributed by atoms with Crippen molar-refractivity contribution >= 4 is 27.4 Å². The number of rotatable bonds is 5. The van der Waals surface area contributed by atoms with Gasteiger partial charge in [-0.15, -0.1) is 11.3 Å². The molecule has 154 valence electrons. The normalized spacial score (nSPS) is 15.1. The number of methoxy groups -OCH3 is 1. The van der Waals surface area contributed by atoms with Crippen molar-refractivity contribution in [2.24, 2.45) is 0 Å². The van der Waals surface area contributed by atoms with Crippen molar-refractivity contribution < 1.29 is 4.74 Å². The molecule has 7 nitrogen and oxygen atoms in total. The van der Waals surface area contributed by atoms with Crippen LogP contribution in [0.2, 0.25) is 0 Å². The maximum atomic E-state index is 5.37. The van der Waals surface area contributed by atoms with Crippen molar-refractivity contribution in [3.05, 3.63) is 53.3 Å². The molecule has 1 aromatic carbocycles. The summed E-state index contributed by atoms with van der Waals surface area (Å²) in [5.41, 5.74) is 3.36. The summed E-state index contributed by atoms with van der Waals surface area (Å²) in [4.78, 5) is 16.2. The Hall–Kier alpha value is -2.97. The molecule has 0 amide bonds. The van der Waals surface area contributed by atoms with Gasteiger partial charge in [-0.2, -0.15) is 5.10 Å². The van der Waals surface area contributed by atoms with Crippen LogP contribution in [0.5, 0.6) is 5.75 Å². The molecule has 30 heavy (non-hydrogen) atoms. The number of anilines is 1. The highest BCUT2D eigenvalue weighted by Gasteiger charge is 2.22. The summed E-state index contributed by atoms with van der Waals surface area (Å²) in [6.45, 7) is 6.86. The van der Waals surface area contributed by atoms with Crippen molar-refractivity contribution in [2.75, 3.05) is 38.2 Å². The molecule has 0 bridgehead atoms. The highest BCUT2D eigenvalue weighted by molar-refractivity contribution is 7.18. The van der Waals surface area contributed by atoms with E-state index in [1.165, 1.54) is 15.8 Å². The summed E-state index contributed by atoms with van der Waals surface area (Å²) < 4.78 is 5.37. The molecular formula is C22H24N6OS. The fourth-order valence-corrected chi connectivity index (χ4v) is 4.88. The molecule has 0 saturated carbocycles. The first-order valence-electron chi connectivity index (χ1n) is 10.1. The number of hydrogen-bond acceptors (Lipinski definition) is 7. The average molecular weight is 421 g/mol. The molecule has 1 aliphatic rings. The number of nitrogens with one attached hydrogen (secondary N) is 1. The largest absolute Gasteiger partial charge is 0.497 e. The minimum absolute atomic E-state index is 0.849. The standard InChI is InChI=1S/C22H24N6OS/c1-15-10-19-21(23-14-24-22(19)30-15)28-8-6-27(7-9-28)13-17-12-25-26-20(17)16-4-3-5-18(11-16)29-2/h3-5,10-12,14H,6-9,13H2,1-2H3,(H,25,26). The highest BCUT2D eigenvalue weighted by atomic mass is 32.1. The first kappa shape index (κ1) is 19.0. The highest BCUT2D eigenvalue weighted by Crippen LogP contribution is 2.31. The van der Waals surface area contributed by atoms with E-state index in [-0.39, 0.29) is 0 Å². The van der Waals surface area contributed by atoms with Crippen LogP contribution >= 0.6 is 11.3 Å². The Labute approximate surface area is 179 Å². The van der Waals surface area contributed by atoms with Crippen LogP contribution < -0.4 is 9.64 Å². The number of aromatic nitrogens is 4. The first-order chi connectivity index (χ1) is 14.7. The number of piperazine rings is 1. The Morgan fingerprint density at radius 2 is 2.00 bits per heavy atom. The minimum Gasteiger partial charge on any atom is -0.497 e. The van der Waals surface area contributed by atoms with Crippen LogP contribution in [0.3, 0.4) is 0 Å². The third-order valence-corrected chi connectivity index (χ3v) is 6.53. The number of aromatic amines is 1. The lowest BCUT2D eigenvalue weighted by Crippen LogP contribution is -2.46. The van der Waals surface area contributed by atoms with Crippen LogP contribution in [-0.2, 0) is 6.54 Å². The van der Waals surface area contributed by atoms with Crippen LogP contribution in [0.4, 0.5) is 5.82 Å². The summed E-state index contributed by atoms with van der Waals surface area (Å²) >= 11 is 1.73. The molecule has 0 radical (unpaired) electrons. The summed E-state index contributed by atoms with van der Waals surface area (Å²) in [6.07, 6.45) is 3.62. The van der Waals surface area contributed by atoms with Crippen LogP contribution in [0.1, 0.15) is 10.4 Å². The summed E-state index contributed by atoms with van der Waals surface area (Å²) in [5, 5.41) is 8.63. The van der Waals surface area contributed by atoms with Gasteiger partial charge in [-0.3, -0.25) is 10.00 Å². The fourth-order valence-electron chi connectivity index (χ4n) is 4.03. The van der Waals surface area contributed by atoms with E-state index in [9.17, 15) is 0 Å². The number of benzene rings is 1. The van der Waals surface area contributed by atoms with Crippen molar-refractivity contribution in [1.29, 1.82) is 0 Å². The number of H-pyrrole nitrogens is 1. The number of aryl methyl sites for hydroxylation is 1. The van der Waals surface area contributed by atoms with Gasteiger partial charge in [0, 0.05) is 48.7 Å². The second-order valence-electron chi connectivity index (χ2n) is 7.54. The molecule has 0 aliphatic carbocycles. The van der Waals surface area contributed by atoms with Gasteiger partial charge >= 0.3 is 0 Å². The van der Waals surface area contributed by atoms with Gasteiger partial charge in [-0.05, 0) is 25.1 Å². The summed E-state index contributed by atoms with van der Waals surface area (Å²) in [5.74, 6) is 1.91. The molecule has 0 atom stereocenters. The average Bonchev–Trinajstić information content (AvgIpc) is 3.39. The zero-order valence-electron chi connectivity index (χ0n) is 17.1. The lowest BCUT2D eigenvalue weighted by molar-refractivity contribution is 0.250. The van der Waals surface area contributed by atoms with Crippen molar-refractivity contribution in [2.45, 2.75) is 13.5 Å². The van der Waals surface area contributed by atoms with Crippen LogP contribution in [-0.4, -0.2) is 58.4 Å². The Morgan fingerprint density at radius 3 is 2.83 bits per heavy atom. The van der Waals surface area contributed by atoms with Gasteiger partial charge in [0.2, 0.25) is 0 Å². The van der Waals surface area contributed by atoms with Gasteiger partial charge in [0.25, 0.3) is 0 Å². The Balaban J connectivity index is 1.29. The van der Waals surface area contributed by atoms with Gasteiger partial charge < -0.3 is 9.64 Å². The maximum Gasteiger partial charge on any atom is 0.140 e. The van der Waals surface area contributed by atoms with Gasteiger partial charge in [0.15, 0.2) is 0 Å². The summed E-state index contributed by atoms with van der Waals surface area (Å²) in [7, 11) is 1.69. The zero-order chi connectivity index (χ0) is 20.5. The van der Waals surface area contributed by atoms with E-state index in [2.05, 4.69) is 49.0 Å². The second kappa shape index (κ2) is 8.04. The quantitative estimate of drug-likeness (QED) is 0.531. The molecule has 1 aliphatic heterocycles. The van der Waals surface area contributed by atoms with E-state index < -0.39 is 0 Å². The molecule has 8 heteroatoms. The van der Waals surface area contributed by atoms with Gasteiger partial charge in [0.1, 0.15) is 22.7 Å². The maximum absolute atomic E-state index is 5.37. The molecular weight excluding hydrogens is 396 g/mol. The van der Waals surface area contributed by atoms with Crippen LogP contribution in [0.25, 0.3) is 21.5 Å². The monoisotopic (exact) mass is 420 g/mol. The van der Waals surface area contributed by atoms with E-state index in [1.54, 1.807) is 24.8 Å². The third kappa shape index (κ3) is 3.64. The van der Waals surface area contributed by atoms with E-state index >= 15 is 0 Å².